The molecule has 1 heterocycles. The Morgan fingerprint density at radius 1 is 1.04 bits per heavy atom. The van der Waals surface area contributed by atoms with Crippen LogP contribution in [0.4, 0.5) is 0 Å². The number of nitrogens with one attached hydrogen (secondary N) is 1. The van der Waals surface area contributed by atoms with Crippen LogP contribution in [-0.4, -0.2) is 17.6 Å². The second-order valence-electron chi connectivity index (χ2n) is 6.39. The maximum absolute atomic E-state index is 12.5. The highest BCUT2D eigenvalue weighted by atomic mass is 16.6. The SMILES string of the molecule is CCCCOc1ccc2c(OCc3ccccc3)c(OC(C)=O)c(=O)[nH]c2c1. The van der Waals surface area contributed by atoms with E-state index < -0.39 is 11.5 Å². The van der Waals surface area contributed by atoms with Gasteiger partial charge < -0.3 is 19.2 Å². The summed E-state index contributed by atoms with van der Waals surface area (Å²) in [6.45, 7) is 4.18. The summed E-state index contributed by atoms with van der Waals surface area (Å²) in [5.41, 5.74) is 0.957. The van der Waals surface area contributed by atoms with E-state index in [9.17, 15) is 9.59 Å². The summed E-state index contributed by atoms with van der Waals surface area (Å²) in [6, 6.07) is 14.9. The van der Waals surface area contributed by atoms with Crippen molar-refractivity contribution >= 4 is 16.9 Å². The minimum absolute atomic E-state index is 0.143. The van der Waals surface area contributed by atoms with Crippen LogP contribution in [0.1, 0.15) is 32.3 Å². The van der Waals surface area contributed by atoms with Crippen LogP contribution in [0.25, 0.3) is 10.9 Å². The third-order valence-electron chi connectivity index (χ3n) is 4.13. The molecule has 28 heavy (non-hydrogen) atoms. The fourth-order valence-electron chi connectivity index (χ4n) is 2.76. The van der Waals surface area contributed by atoms with E-state index >= 15 is 0 Å². The molecule has 0 aliphatic heterocycles. The highest BCUT2D eigenvalue weighted by molar-refractivity contribution is 5.89. The van der Waals surface area contributed by atoms with E-state index in [2.05, 4.69) is 11.9 Å². The fraction of sp³-hybridized carbons (Fsp3) is 0.273. The summed E-state index contributed by atoms with van der Waals surface area (Å²) in [6.07, 6.45) is 1.99. The first-order valence-electron chi connectivity index (χ1n) is 9.26. The smallest absolute Gasteiger partial charge is 0.308 e. The summed E-state index contributed by atoms with van der Waals surface area (Å²) < 4.78 is 16.8. The third-order valence-corrected chi connectivity index (χ3v) is 4.13. The van der Waals surface area contributed by atoms with E-state index in [1.807, 2.05) is 36.4 Å². The number of H-pyrrole nitrogens is 1. The second kappa shape index (κ2) is 9.08. The van der Waals surface area contributed by atoms with Gasteiger partial charge in [0, 0.05) is 18.4 Å². The molecule has 2 aromatic carbocycles. The molecule has 0 aliphatic rings. The Balaban J connectivity index is 2.00. The molecule has 3 aromatic rings. The minimum atomic E-state index is -0.589. The maximum atomic E-state index is 12.5. The molecular formula is C22H23NO5. The van der Waals surface area contributed by atoms with Crippen molar-refractivity contribution in [3.05, 3.63) is 64.4 Å². The van der Waals surface area contributed by atoms with Crippen LogP contribution in [0.5, 0.6) is 17.2 Å². The van der Waals surface area contributed by atoms with Gasteiger partial charge in [0.25, 0.3) is 5.56 Å². The van der Waals surface area contributed by atoms with Crippen molar-refractivity contribution in [2.75, 3.05) is 6.61 Å². The van der Waals surface area contributed by atoms with Crippen LogP contribution >= 0.6 is 0 Å². The largest absolute Gasteiger partial charge is 0.494 e. The molecule has 0 bridgehead atoms. The zero-order valence-electron chi connectivity index (χ0n) is 16.0. The van der Waals surface area contributed by atoms with Crippen molar-refractivity contribution in [1.82, 2.24) is 4.98 Å². The summed E-state index contributed by atoms with van der Waals surface area (Å²) in [5, 5.41) is 0.634. The predicted molar refractivity (Wildman–Crippen MR) is 107 cm³/mol. The van der Waals surface area contributed by atoms with Crippen LogP contribution in [0.3, 0.4) is 0 Å². The zero-order valence-corrected chi connectivity index (χ0v) is 16.0. The van der Waals surface area contributed by atoms with Crippen LogP contribution < -0.4 is 19.8 Å². The van der Waals surface area contributed by atoms with Crippen molar-refractivity contribution in [2.24, 2.45) is 0 Å². The second-order valence-corrected chi connectivity index (χ2v) is 6.39. The van der Waals surface area contributed by atoms with E-state index in [4.69, 9.17) is 14.2 Å². The van der Waals surface area contributed by atoms with Gasteiger partial charge in [-0.05, 0) is 24.1 Å². The molecule has 1 aromatic heterocycles. The normalized spacial score (nSPS) is 10.6. The van der Waals surface area contributed by atoms with Gasteiger partial charge in [0.15, 0.2) is 5.75 Å². The molecule has 0 spiro atoms. The van der Waals surface area contributed by atoms with Gasteiger partial charge in [0.05, 0.1) is 12.1 Å². The quantitative estimate of drug-likeness (QED) is 0.467. The lowest BCUT2D eigenvalue weighted by atomic mass is 10.1. The molecule has 6 heteroatoms. The number of esters is 1. The van der Waals surface area contributed by atoms with E-state index in [1.54, 1.807) is 12.1 Å². The molecule has 0 saturated heterocycles. The van der Waals surface area contributed by atoms with Crippen LogP contribution in [0.2, 0.25) is 0 Å². The Morgan fingerprint density at radius 2 is 1.82 bits per heavy atom. The van der Waals surface area contributed by atoms with Crippen molar-refractivity contribution in [2.45, 2.75) is 33.3 Å². The lowest BCUT2D eigenvalue weighted by molar-refractivity contribution is -0.132. The van der Waals surface area contributed by atoms with Crippen molar-refractivity contribution in [3.63, 3.8) is 0 Å². The predicted octanol–water partition coefficient (Wildman–Crippen LogP) is 4.21. The molecule has 3 rings (SSSR count). The Bertz CT molecular complexity index is 1010. The number of benzene rings is 2. The molecule has 146 valence electrons. The summed E-state index contributed by atoms with van der Waals surface area (Å²) in [5.74, 6) is 0.160. The molecule has 0 atom stereocenters. The van der Waals surface area contributed by atoms with Gasteiger partial charge in [-0.3, -0.25) is 9.59 Å². The molecule has 6 nitrogen and oxygen atoms in total. The average Bonchev–Trinajstić information content (AvgIpc) is 2.68. The number of hydrogen-bond donors (Lipinski definition) is 1. The number of unbranched alkanes of at least 4 members (excludes halogenated alkanes) is 1. The van der Waals surface area contributed by atoms with E-state index in [0.29, 0.717) is 23.3 Å². The number of rotatable bonds is 8. The van der Waals surface area contributed by atoms with Crippen LogP contribution in [0.15, 0.2) is 53.3 Å². The standard InChI is InChI=1S/C22H23NO5/c1-3-4-12-26-17-10-11-18-19(13-17)23-22(25)21(28-15(2)24)20(18)27-14-16-8-6-5-7-9-16/h5-11,13H,3-4,12,14H2,1-2H3,(H,23,25). The number of fused-ring (bicyclic) bond motifs is 1. The molecule has 0 aliphatic carbocycles. The molecular weight excluding hydrogens is 358 g/mol. The van der Waals surface area contributed by atoms with Gasteiger partial charge in [0.2, 0.25) is 5.75 Å². The lowest BCUT2D eigenvalue weighted by Crippen LogP contribution is -2.16. The van der Waals surface area contributed by atoms with Crippen LogP contribution in [0, 0.1) is 0 Å². The molecule has 0 unspecified atom stereocenters. The first-order chi connectivity index (χ1) is 13.6. The number of carbonyl (C=O) groups is 1. The van der Waals surface area contributed by atoms with Gasteiger partial charge in [0.1, 0.15) is 12.4 Å². The molecule has 0 radical (unpaired) electrons. The lowest BCUT2D eigenvalue weighted by Gasteiger charge is -2.14. The fourth-order valence-corrected chi connectivity index (χ4v) is 2.76. The van der Waals surface area contributed by atoms with Crippen molar-refractivity contribution in [1.29, 1.82) is 0 Å². The van der Waals surface area contributed by atoms with Crippen LogP contribution in [-0.2, 0) is 11.4 Å². The van der Waals surface area contributed by atoms with E-state index in [1.165, 1.54) is 6.92 Å². The Morgan fingerprint density at radius 3 is 2.54 bits per heavy atom. The molecule has 0 fully saturated rings. The number of aromatic amines is 1. The first-order valence-corrected chi connectivity index (χ1v) is 9.26. The van der Waals surface area contributed by atoms with Gasteiger partial charge in [-0.15, -0.1) is 0 Å². The topological polar surface area (TPSA) is 77.6 Å². The number of aromatic nitrogens is 1. The Labute approximate surface area is 163 Å². The summed E-state index contributed by atoms with van der Waals surface area (Å²) in [7, 11) is 0. The van der Waals surface area contributed by atoms with Crippen molar-refractivity contribution in [3.8, 4) is 17.2 Å². The molecule has 0 saturated carbocycles. The van der Waals surface area contributed by atoms with Gasteiger partial charge in [-0.1, -0.05) is 43.7 Å². The number of hydrogen-bond acceptors (Lipinski definition) is 5. The van der Waals surface area contributed by atoms with Gasteiger partial charge in [-0.2, -0.15) is 0 Å². The highest BCUT2D eigenvalue weighted by Gasteiger charge is 2.18. The number of pyridine rings is 1. The zero-order chi connectivity index (χ0) is 19.9. The monoisotopic (exact) mass is 381 g/mol. The maximum Gasteiger partial charge on any atom is 0.308 e. The summed E-state index contributed by atoms with van der Waals surface area (Å²) >= 11 is 0. The Kier molecular flexibility index (Phi) is 6.32. The van der Waals surface area contributed by atoms with Crippen molar-refractivity contribution < 1.29 is 19.0 Å². The average molecular weight is 381 g/mol. The van der Waals surface area contributed by atoms with E-state index in [-0.39, 0.29) is 18.1 Å². The van der Waals surface area contributed by atoms with Gasteiger partial charge in [-0.25, -0.2) is 0 Å². The summed E-state index contributed by atoms with van der Waals surface area (Å²) in [4.78, 5) is 26.7. The molecule has 1 N–H and O–H groups in total. The highest BCUT2D eigenvalue weighted by Crippen LogP contribution is 2.34. The molecule has 0 amide bonds. The number of carbonyl (C=O) groups excluding carboxylic acids is 1. The number of ether oxygens (including phenoxy) is 3. The van der Waals surface area contributed by atoms with Gasteiger partial charge >= 0.3 is 5.97 Å². The first kappa shape index (κ1) is 19.5. The Hall–Kier alpha value is -3.28. The third kappa shape index (κ3) is 4.71. The minimum Gasteiger partial charge on any atom is -0.494 e. The van der Waals surface area contributed by atoms with E-state index in [0.717, 1.165) is 18.4 Å².